The van der Waals surface area contributed by atoms with E-state index in [4.69, 9.17) is 5.11 Å². The highest BCUT2D eigenvalue weighted by Gasteiger charge is 2.01. The SMILES string of the molecule is OCCN1[C]=NNN1. The molecule has 0 aliphatic carbocycles. The van der Waals surface area contributed by atoms with Crippen LogP contribution in [0.2, 0.25) is 0 Å². The summed E-state index contributed by atoms with van der Waals surface area (Å²) >= 11 is 0. The molecular formula is C3H7N4O. The zero-order chi connectivity index (χ0) is 5.82. The molecule has 0 bridgehead atoms. The lowest BCUT2D eigenvalue weighted by molar-refractivity contribution is 0.214. The standard InChI is InChI=1S/C3H7N4O/c8-2-1-7-3-4-5-6-7/h5-6,8H,1-2H2. The van der Waals surface area contributed by atoms with Crippen molar-refractivity contribution in [3.05, 3.63) is 0 Å². The lowest BCUT2D eigenvalue weighted by Crippen LogP contribution is -2.38. The van der Waals surface area contributed by atoms with Gasteiger partial charge in [0.05, 0.1) is 13.2 Å². The van der Waals surface area contributed by atoms with Crippen molar-refractivity contribution in [2.45, 2.75) is 0 Å². The van der Waals surface area contributed by atoms with E-state index in [2.05, 4.69) is 22.5 Å². The van der Waals surface area contributed by atoms with Crippen molar-refractivity contribution in [3.8, 4) is 0 Å². The smallest absolute Gasteiger partial charge is 0.212 e. The molecule has 0 aromatic rings. The van der Waals surface area contributed by atoms with Gasteiger partial charge in [0, 0.05) is 0 Å². The van der Waals surface area contributed by atoms with Crippen LogP contribution in [0.3, 0.4) is 0 Å². The van der Waals surface area contributed by atoms with Gasteiger partial charge in [0.1, 0.15) is 0 Å². The third-order valence-corrected chi connectivity index (χ3v) is 0.735. The Balaban J connectivity index is 2.16. The fourth-order valence-corrected chi connectivity index (χ4v) is 0.402. The second-order valence-corrected chi connectivity index (χ2v) is 1.31. The maximum atomic E-state index is 8.34. The number of aliphatic hydroxyl groups is 1. The lowest BCUT2D eigenvalue weighted by Gasteiger charge is -2.08. The summed E-state index contributed by atoms with van der Waals surface area (Å²) in [6.45, 7) is 0.591. The number of rotatable bonds is 2. The topological polar surface area (TPSA) is 59.9 Å². The van der Waals surface area contributed by atoms with Gasteiger partial charge in [0.25, 0.3) is 0 Å². The normalized spacial score (nSPS) is 16.9. The first-order chi connectivity index (χ1) is 3.93. The molecule has 1 aliphatic heterocycles. The van der Waals surface area contributed by atoms with Gasteiger partial charge in [-0.05, 0) is 0 Å². The van der Waals surface area contributed by atoms with Crippen molar-refractivity contribution in [1.29, 1.82) is 0 Å². The minimum absolute atomic E-state index is 0.0944. The summed E-state index contributed by atoms with van der Waals surface area (Å²) in [6, 6.07) is 0. The number of hydrogen-bond donors (Lipinski definition) is 3. The number of hydrazine groups is 2. The van der Waals surface area contributed by atoms with Gasteiger partial charge >= 0.3 is 0 Å². The molecule has 1 heterocycles. The van der Waals surface area contributed by atoms with Gasteiger partial charge < -0.3 is 5.11 Å². The zero-order valence-electron chi connectivity index (χ0n) is 4.26. The molecule has 0 aromatic heterocycles. The Morgan fingerprint density at radius 3 is 3.12 bits per heavy atom. The van der Waals surface area contributed by atoms with Crippen LogP contribution in [0.5, 0.6) is 0 Å². The number of hydrazone groups is 1. The average Bonchev–Trinajstić information content (AvgIpc) is 2.19. The summed E-state index contributed by atoms with van der Waals surface area (Å²) in [5, 5.41) is 13.3. The molecular weight excluding hydrogens is 108 g/mol. The van der Waals surface area contributed by atoms with E-state index < -0.39 is 0 Å². The summed E-state index contributed by atoms with van der Waals surface area (Å²) in [7, 11) is 0. The Kier molecular flexibility index (Phi) is 1.66. The van der Waals surface area contributed by atoms with E-state index in [1.807, 2.05) is 0 Å². The zero-order valence-corrected chi connectivity index (χ0v) is 4.26. The molecule has 0 atom stereocenters. The van der Waals surface area contributed by atoms with Gasteiger partial charge in [-0.25, -0.2) is 5.53 Å². The van der Waals surface area contributed by atoms with Crippen molar-refractivity contribution in [3.63, 3.8) is 0 Å². The van der Waals surface area contributed by atoms with E-state index in [1.165, 1.54) is 5.01 Å². The Morgan fingerprint density at radius 2 is 2.62 bits per heavy atom. The molecule has 1 radical (unpaired) electrons. The van der Waals surface area contributed by atoms with Gasteiger partial charge in [-0.1, -0.05) is 0 Å². The first-order valence-electron chi connectivity index (χ1n) is 2.28. The van der Waals surface area contributed by atoms with Crippen LogP contribution in [0, 0.1) is 0 Å². The van der Waals surface area contributed by atoms with Crippen LogP contribution in [0.1, 0.15) is 0 Å². The maximum Gasteiger partial charge on any atom is 0.212 e. The van der Waals surface area contributed by atoms with E-state index in [0.717, 1.165) is 0 Å². The van der Waals surface area contributed by atoms with Gasteiger partial charge in [-0.3, -0.25) is 5.01 Å². The third-order valence-electron chi connectivity index (χ3n) is 0.735. The van der Waals surface area contributed by atoms with Crippen LogP contribution in [-0.2, 0) is 0 Å². The van der Waals surface area contributed by atoms with Crippen LogP contribution in [0.25, 0.3) is 0 Å². The average molecular weight is 115 g/mol. The van der Waals surface area contributed by atoms with Gasteiger partial charge in [0.15, 0.2) is 0 Å². The fourth-order valence-electron chi connectivity index (χ4n) is 0.402. The highest BCUT2D eigenvalue weighted by Crippen LogP contribution is 1.77. The van der Waals surface area contributed by atoms with Gasteiger partial charge in [-0.2, -0.15) is 0 Å². The second kappa shape index (κ2) is 2.49. The Hall–Kier alpha value is -0.810. The summed E-state index contributed by atoms with van der Waals surface area (Å²) in [6.07, 6.45) is 2.53. The van der Waals surface area contributed by atoms with E-state index in [0.29, 0.717) is 6.54 Å². The van der Waals surface area contributed by atoms with E-state index in [9.17, 15) is 0 Å². The minimum Gasteiger partial charge on any atom is -0.394 e. The number of β-amino-alcohol motifs (C(OH)–C–C–N with tert-alkyl or cyclic N) is 1. The molecule has 0 unspecified atom stereocenters. The molecule has 0 saturated carbocycles. The van der Waals surface area contributed by atoms with Crippen molar-refractivity contribution < 1.29 is 5.11 Å². The molecule has 5 heteroatoms. The second-order valence-electron chi connectivity index (χ2n) is 1.31. The fraction of sp³-hybridized carbons (Fsp3) is 0.667. The summed E-state index contributed by atoms with van der Waals surface area (Å²) in [4.78, 5) is 0. The number of hydrogen-bond acceptors (Lipinski definition) is 5. The molecule has 0 aromatic carbocycles. The molecule has 0 fully saturated rings. The molecule has 0 amide bonds. The highest BCUT2D eigenvalue weighted by atomic mass is 16.3. The molecule has 0 spiro atoms. The first kappa shape index (κ1) is 5.33. The molecule has 1 rings (SSSR count). The van der Waals surface area contributed by atoms with Crippen molar-refractivity contribution in [2.24, 2.45) is 5.10 Å². The predicted octanol–water partition coefficient (Wildman–Crippen LogP) is -1.88. The van der Waals surface area contributed by atoms with Crippen LogP contribution in [0.4, 0.5) is 0 Å². The third kappa shape index (κ3) is 1.08. The van der Waals surface area contributed by atoms with Crippen LogP contribution < -0.4 is 11.1 Å². The lowest BCUT2D eigenvalue weighted by atomic mass is 10.7. The molecule has 5 nitrogen and oxygen atoms in total. The number of aliphatic hydroxyl groups excluding tert-OH is 1. The van der Waals surface area contributed by atoms with E-state index in [-0.39, 0.29) is 6.61 Å². The number of nitrogens with zero attached hydrogens (tertiary/aromatic N) is 2. The molecule has 8 heavy (non-hydrogen) atoms. The Bertz CT molecular complexity index is 93.3. The monoisotopic (exact) mass is 115 g/mol. The van der Waals surface area contributed by atoms with E-state index >= 15 is 0 Å². The van der Waals surface area contributed by atoms with Crippen molar-refractivity contribution >= 4 is 6.34 Å². The summed E-state index contributed by atoms with van der Waals surface area (Å²) < 4.78 is 0. The van der Waals surface area contributed by atoms with Crippen LogP contribution >= 0.6 is 0 Å². The van der Waals surface area contributed by atoms with Crippen LogP contribution in [-0.4, -0.2) is 29.6 Å². The Morgan fingerprint density at radius 1 is 1.75 bits per heavy atom. The van der Waals surface area contributed by atoms with Gasteiger partial charge in [-0.15, -0.1) is 10.6 Å². The summed E-state index contributed by atoms with van der Waals surface area (Å²) in [5.41, 5.74) is 5.04. The largest absolute Gasteiger partial charge is 0.394 e. The molecule has 1 aliphatic rings. The van der Waals surface area contributed by atoms with Crippen molar-refractivity contribution in [1.82, 2.24) is 16.1 Å². The molecule has 45 valence electrons. The highest BCUT2D eigenvalue weighted by molar-refractivity contribution is 5.54. The number of nitrogens with one attached hydrogen (secondary N) is 2. The predicted molar refractivity (Wildman–Crippen MR) is 27.5 cm³/mol. The first-order valence-corrected chi connectivity index (χ1v) is 2.28. The van der Waals surface area contributed by atoms with Crippen LogP contribution in [0.15, 0.2) is 5.10 Å². The summed E-state index contributed by atoms with van der Waals surface area (Å²) in [5.74, 6) is 0. The maximum absolute atomic E-state index is 8.34. The van der Waals surface area contributed by atoms with E-state index in [1.54, 1.807) is 0 Å². The molecule has 3 N–H and O–H groups in total. The van der Waals surface area contributed by atoms with Gasteiger partial charge in [0.2, 0.25) is 6.34 Å². The van der Waals surface area contributed by atoms with Crippen molar-refractivity contribution in [2.75, 3.05) is 13.2 Å². The Labute approximate surface area is 46.9 Å². The quantitative estimate of drug-likeness (QED) is 0.394. The minimum atomic E-state index is 0.0944. The molecule has 0 saturated heterocycles.